The van der Waals surface area contributed by atoms with E-state index in [1.165, 1.54) is 22.3 Å². The summed E-state index contributed by atoms with van der Waals surface area (Å²) in [6.07, 6.45) is 7.37. The number of carboxylic acids is 1. The number of rotatable bonds is 13. The van der Waals surface area contributed by atoms with E-state index in [1.54, 1.807) is 26.2 Å². The molecule has 1 N–H and O–H groups in total. The Morgan fingerprint density at radius 3 is 1.38 bits per heavy atom. The van der Waals surface area contributed by atoms with Crippen molar-refractivity contribution in [1.82, 2.24) is 9.97 Å². The molecular weight excluding hydrogens is 709 g/mol. The molecule has 4 aromatic carbocycles. The van der Waals surface area contributed by atoms with Crippen LogP contribution in [0.1, 0.15) is 88.3 Å². The molecule has 2 heterocycles. The fourth-order valence-corrected chi connectivity index (χ4v) is 7.47. The monoisotopic (exact) mass is 754 g/mol. The number of carboxylic acid groups (broad SMARTS) is 1. The molecule has 0 aliphatic heterocycles. The number of oxazole rings is 2. The van der Waals surface area contributed by atoms with Crippen molar-refractivity contribution < 1.29 is 37.7 Å². The first kappa shape index (κ1) is 38.1. The lowest BCUT2D eigenvalue weighted by atomic mass is 9.95. The highest BCUT2D eigenvalue weighted by Crippen LogP contribution is 2.33. The van der Waals surface area contributed by atoms with E-state index in [2.05, 4.69) is 58.5 Å². The van der Waals surface area contributed by atoms with Crippen LogP contribution in [0.15, 0.2) is 118 Å². The van der Waals surface area contributed by atoms with Crippen LogP contribution in [0.3, 0.4) is 0 Å². The number of benzene rings is 4. The van der Waals surface area contributed by atoms with Crippen LogP contribution in [0.4, 0.5) is 0 Å². The molecule has 10 nitrogen and oxygen atoms in total. The second-order valence-electron chi connectivity index (χ2n) is 14.3. The Kier molecular flexibility index (Phi) is 11.9. The highest BCUT2D eigenvalue weighted by molar-refractivity contribution is 5.71. The maximum absolute atomic E-state index is 12.1. The Morgan fingerprint density at radius 2 is 1.04 bits per heavy atom. The number of esters is 1. The van der Waals surface area contributed by atoms with E-state index in [-0.39, 0.29) is 36.9 Å². The molecular formula is C46H46N2O8. The fourth-order valence-electron chi connectivity index (χ4n) is 7.47. The van der Waals surface area contributed by atoms with Gasteiger partial charge in [-0.15, -0.1) is 0 Å². The number of aryl methyl sites for hydroxylation is 2. The Labute approximate surface area is 326 Å². The largest absolute Gasteiger partial charge is 0.490 e. The molecule has 0 bridgehead atoms. The zero-order chi connectivity index (χ0) is 39.0. The summed E-state index contributed by atoms with van der Waals surface area (Å²) in [4.78, 5) is 31.9. The number of ether oxygens (including phenoxy) is 3. The van der Waals surface area contributed by atoms with Crippen LogP contribution in [0.2, 0.25) is 0 Å². The first-order valence-electron chi connectivity index (χ1n) is 19.1. The van der Waals surface area contributed by atoms with Gasteiger partial charge in [-0.25, -0.2) is 9.97 Å². The summed E-state index contributed by atoms with van der Waals surface area (Å²) in [5.41, 5.74) is 7.22. The van der Waals surface area contributed by atoms with Gasteiger partial charge in [-0.2, -0.15) is 0 Å². The highest BCUT2D eigenvalue weighted by atomic mass is 16.5. The number of hydrogen-bond donors (Lipinski definition) is 1. The van der Waals surface area contributed by atoms with Crippen LogP contribution in [0, 0.1) is 13.8 Å². The van der Waals surface area contributed by atoms with Gasteiger partial charge in [0, 0.05) is 25.7 Å². The van der Waals surface area contributed by atoms with Crippen LogP contribution in [0.25, 0.3) is 0 Å². The summed E-state index contributed by atoms with van der Waals surface area (Å²) in [6, 6.07) is 32.3. The van der Waals surface area contributed by atoms with Crippen LogP contribution < -0.4 is 9.47 Å². The Hall–Kier alpha value is -6.16. The fraction of sp³-hybridized carbons (Fsp3) is 0.304. The number of aromatic nitrogens is 2. The molecule has 288 valence electrons. The lowest BCUT2D eigenvalue weighted by Crippen LogP contribution is -2.16. The second kappa shape index (κ2) is 17.5. The molecule has 0 saturated heterocycles. The molecule has 2 aliphatic rings. The van der Waals surface area contributed by atoms with Gasteiger partial charge in [0.15, 0.2) is 0 Å². The lowest BCUT2D eigenvalue weighted by Gasteiger charge is -2.16. The summed E-state index contributed by atoms with van der Waals surface area (Å²) in [5, 5.41) is 9.25. The Morgan fingerprint density at radius 1 is 0.643 bits per heavy atom. The van der Waals surface area contributed by atoms with E-state index >= 15 is 0 Å². The van der Waals surface area contributed by atoms with Gasteiger partial charge < -0.3 is 28.2 Å². The van der Waals surface area contributed by atoms with Crippen LogP contribution in [-0.4, -0.2) is 45.8 Å². The van der Waals surface area contributed by atoms with E-state index in [1.807, 2.05) is 55.5 Å². The molecule has 10 heteroatoms. The standard InChI is InChI=1S/C24H25NO4.C22H21NO4/c1-3-27-23(26)14-22(24-25-15-16(2)28-24)17-8-10-20(11-9-17)29-21-12-18-6-4-5-7-19(18)13-21;1-14-13-23-22(26-14)20(12-21(24)25)15-6-8-18(9-7-15)27-19-10-16-4-2-3-5-17(16)11-19/h4-11,15,21-22H,3,12-14H2,1-2H3;2-9,13,19-20H,10-12H2,1H3,(H,24,25). The molecule has 2 atom stereocenters. The molecule has 0 spiro atoms. The van der Waals surface area contributed by atoms with Gasteiger partial charge in [0.05, 0.1) is 43.7 Å². The summed E-state index contributed by atoms with van der Waals surface area (Å²) >= 11 is 0. The third-order valence-electron chi connectivity index (χ3n) is 10.1. The first-order chi connectivity index (χ1) is 27.2. The minimum atomic E-state index is -0.889. The molecule has 0 radical (unpaired) electrons. The van der Waals surface area contributed by atoms with E-state index < -0.39 is 11.9 Å². The number of fused-ring (bicyclic) bond motifs is 2. The number of aliphatic carboxylic acids is 1. The van der Waals surface area contributed by atoms with Gasteiger partial charge in [-0.1, -0.05) is 72.8 Å². The number of carbonyl (C=O) groups is 2. The van der Waals surface area contributed by atoms with Crippen molar-refractivity contribution >= 4 is 11.9 Å². The molecule has 2 unspecified atom stereocenters. The maximum atomic E-state index is 12.1. The summed E-state index contributed by atoms with van der Waals surface area (Å²) in [6.45, 7) is 5.79. The van der Waals surface area contributed by atoms with Crippen LogP contribution in [-0.2, 0) is 40.0 Å². The minimum Gasteiger partial charge on any atom is -0.490 e. The average Bonchev–Trinajstić information content (AvgIpc) is 4.00. The van der Waals surface area contributed by atoms with Crippen molar-refractivity contribution in [2.75, 3.05) is 6.61 Å². The quantitative estimate of drug-likeness (QED) is 0.114. The molecule has 0 fully saturated rings. The smallest absolute Gasteiger partial charge is 0.306 e. The minimum absolute atomic E-state index is 0.0713. The topological polar surface area (TPSA) is 134 Å². The van der Waals surface area contributed by atoms with Crippen molar-refractivity contribution in [1.29, 1.82) is 0 Å². The SMILES string of the molecule is CCOC(=O)CC(c1ccc(OC2Cc3ccccc3C2)cc1)c1ncc(C)o1.Cc1cnc(C(CC(=O)O)c2ccc(OC3Cc4ccccc4C3)cc2)o1. The van der Waals surface area contributed by atoms with Crippen LogP contribution in [0.5, 0.6) is 11.5 Å². The van der Waals surface area contributed by atoms with Gasteiger partial charge >= 0.3 is 11.9 Å². The van der Waals surface area contributed by atoms with Crippen molar-refractivity contribution in [2.24, 2.45) is 0 Å². The van der Waals surface area contributed by atoms with Gasteiger partial charge in [0.2, 0.25) is 11.8 Å². The lowest BCUT2D eigenvalue weighted by molar-refractivity contribution is -0.143. The number of hydrogen-bond acceptors (Lipinski definition) is 9. The third kappa shape index (κ3) is 9.55. The average molecular weight is 755 g/mol. The van der Waals surface area contributed by atoms with Crippen LogP contribution >= 0.6 is 0 Å². The number of carbonyl (C=O) groups excluding carboxylic acids is 1. The van der Waals surface area contributed by atoms with E-state index in [9.17, 15) is 14.7 Å². The first-order valence-corrected chi connectivity index (χ1v) is 19.1. The molecule has 6 aromatic rings. The van der Waals surface area contributed by atoms with E-state index in [0.717, 1.165) is 54.1 Å². The highest BCUT2D eigenvalue weighted by Gasteiger charge is 2.27. The van der Waals surface area contributed by atoms with Gasteiger partial charge in [0.25, 0.3) is 0 Å². The summed E-state index contributed by atoms with van der Waals surface area (Å²) in [5.74, 6) is 2.09. The number of nitrogens with zero attached hydrogens (tertiary/aromatic N) is 2. The van der Waals surface area contributed by atoms with Crippen molar-refractivity contribution in [3.05, 3.63) is 166 Å². The summed E-state index contributed by atoms with van der Waals surface area (Å²) < 4.78 is 28.7. The molecule has 2 aromatic heterocycles. The predicted molar refractivity (Wildman–Crippen MR) is 209 cm³/mol. The summed E-state index contributed by atoms with van der Waals surface area (Å²) in [7, 11) is 0. The molecule has 8 rings (SSSR count). The predicted octanol–water partition coefficient (Wildman–Crippen LogP) is 8.75. The van der Waals surface area contributed by atoms with Crippen molar-refractivity contribution in [3.8, 4) is 11.5 Å². The molecule has 2 aliphatic carbocycles. The molecule has 0 amide bonds. The van der Waals surface area contributed by atoms with Gasteiger partial charge in [0.1, 0.15) is 35.2 Å². The van der Waals surface area contributed by atoms with E-state index in [4.69, 9.17) is 23.0 Å². The Bertz CT molecular complexity index is 2190. The molecule has 0 saturated carbocycles. The Balaban J connectivity index is 0.000000172. The molecule has 56 heavy (non-hydrogen) atoms. The zero-order valence-corrected chi connectivity index (χ0v) is 31.9. The third-order valence-corrected chi connectivity index (χ3v) is 10.1. The van der Waals surface area contributed by atoms with Crippen molar-refractivity contribution in [3.63, 3.8) is 0 Å². The van der Waals surface area contributed by atoms with Crippen molar-refractivity contribution in [2.45, 2.75) is 83.3 Å². The second-order valence-corrected chi connectivity index (χ2v) is 14.3. The van der Waals surface area contributed by atoms with Gasteiger partial charge in [-0.05, 0) is 78.4 Å². The maximum Gasteiger partial charge on any atom is 0.306 e. The zero-order valence-electron chi connectivity index (χ0n) is 31.9. The normalized spacial score (nSPS) is 14.6. The van der Waals surface area contributed by atoms with Gasteiger partial charge in [-0.3, -0.25) is 9.59 Å². The van der Waals surface area contributed by atoms with E-state index in [0.29, 0.717) is 24.1 Å².